The van der Waals surface area contributed by atoms with E-state index in [1.54, 1.807) is 7.05 Å². The summed E-state index contributed by atoms with van der Waals surface area (Å²) >= 11 is 0. The Morgan fingerprint density at radius 1 is 1.70 bits per heavy atom. The molecule has 0 heterocycles. The summed E-state index contributed by atoms with van der Waals surface area (Å²) in [6, 6.07) is 2.15. The Bertz CT molecular complexity index is 153. The lowest BCUT2D eigenvalue weighted by Crippen LogP contribution is -2.08. The largest absolute Gasteiger partial charge is 0.297 e. The SMILES string of the molecule is CCC(CC#N)C(C)=NC. The van der Waals surface area contributed by atoms with Crippen LogP contribution < -0.4 is 0 Å². The molecular formula is C8H14N2. The maximum absolute atomic E-state index is 8.41. The lowest BCUT2D eigenvalue weighted by Gasteiger charge is -2.08. The lowest BCUT2D eigenvalue weighted by atomic mass is 9.98. The number of aliphatic imine (C=N–C) groups is 1. The molecule has 0 aromatic carbocycles. The zero-order valence-corrected chi connectivity index (χ0v) is 6.89. The number of hydrogen-bond donors (Lipinski definition) is 0. The van der Waals surface area contributed by atoms with Crippen LogP contribution in [0.3, 0.4) is 0 Å². The summed E-state index contributed by atoms with van der Waals surface area (Å²) in [6.07, 6.45) is 1.61. The van der Waals surface area contributed by atoms with E-state index < -0.39 is 0 Å². The van der Waals surface area contributed by atoms with Crippen LogP contribution in [0.25, 0.3) is 0 Å². The smallest absolute Gasteiger partial charge is 0.0628 e. The van der Waals surface area contributed by atoms with Gasteiger partial charge in [-0.05, 0) is 13.3 Å². The van der Waals surface area contributed by atoms with Crippen LogP contribution in [0.4, 0.5) is 0 Å². The van der Waals surface area contributed by atoms with Crippen molar-refractivity contribution in [2.75, 3.05) is 7.05 Å². The van der Waals surface area contributed by atoms with Gasteiger partial charge in [0, 0.05) is 25.1 Å². The molecule has 1 unspecified atom stereocenters. The van der Waals surface area contributed by atoms with E-state index in [-0.39, 0.29) is 0 Å². The highest BCUT2D eigenvalue weighted by Gasteiger charge is 2.07. The van der Waals surface area contributed by atoms with Crippen LogP contribution in [0, 0.1) is 17.2 Å². The summed E-state index contributed by atoms with van der Waals surface area (Å²) in [5.41, 5.74) is 1.09. The van der Waals surface area contributed by atoms with Crippen LogP contribution in [-0.2, 0) is 0 Å². The fraction of sp³-hybridized carbons (Fsp3) is 0.750. The van der Waals surface area contributed by atoms with Crippen LogP contribution in [0.1, 0.15) is 26.7 Å². The third-order valence-electron chi connectivity index (χ3n) is 1.77. The zero-order chi connectivity index (χ0) is 7.98. The molecule has 1 atom stereocenters. The maximum atomic E-state index is 8.41. The zero-order valence-electron chi connectivity index (χ0n) is 6.89. The van der Waals surface area contributed by atoms with Gasteiger partial charge in [-0.2, -0.15) is 5.26 Å². The molecule has 0 saturated carbocycles. The third-order valence-corrected chi connectivity index (χ3v) is 1.77. The van der Waals surface area contributed by atoms with Crippen molar-refractivity contribution >= 4 is 5.71 Å². The van der Waals surface area contributed by atoms with Gasteiger partial charge in [0.05, 0.1) is 6.07 Å². The highest BCUT2D eigenvalue weighted by atomic mass is 14.7. The van der Waals surface area contributed by atoms with Gasteiger partial charge in [0.25, 0.3) is 0 Å². The Labute approximate surface area is 62.6 Å². The normalized spacial score (nSPS) is 14.4. The summed E-state index contributed by atoms with van der Waals surface area (Å²) in [6.45, 7) is 4.06. The van der Waals surface area contributed by atoms with Crippen molar-refractivity contribution in [2.45, 2.75) is 26.7 Å². The first kappa shape index (κ1) is 9.16. The second kappa shape index (κ2) is 4.99. The summed E-state index contributed by atoms with van der Waals surface area (Å²) in [7, 11) is 1.77. The molecule has 2 nitrogen and oxygen atoms in total. The monoisotopic (exact) mass is 138 g/mol. The molecule has 0 aromatic rings. The molecule has 0 aliphatic rings. The molecule has 0 aromatic heterocycles. The Kier molecular flexibility index (Phi) is 4.57. The summed E-state index contributed by atoms with van der Waals surface area (Å²) in [5.74, 6) is 0.370. The van der Waals surface area contributed by atoms with Gasteiger partial charge in [0.1, 0.15) is 0 Å². The molecule has 10 heavy (non-hydrogen) atoms. The van der Waals surface area contributed by atoms with Gasteiger partial charge in [-0.15, -0.1) is 0 Å². The van der Waals surface area contributed by atoms with Gasteiger partial charge in [0.15, 0.2) is 0 Å². The van der Waals surface area contributed by atoms with E-state index in [0.29, 0.717) is 12.3 Å². The minimum atomic E-state index is 0.370. The van der Waals surface area contributed by atoms with Crippen molar-refractivity contribution in [3.63, 3.8) is 0 Å². The summed E-state index contributed by atoms with van der Waals surface area (Å²) in [5, 5.41) is 8.41. The van der Waals surface area contributed by atoms with E-state index in [0.717, 1.165) is 12.1 Å². The number of hydrogen-bond acceptors (Lipinski definition) is 2. The van der Waals surface area contributed by atoms with E-state index in [1.807, 2.05) is 6.92 Å². The molecule has 0 aliphatic heterocycles. The second-order valence-electron chi connectivity index (χ2n) is 2.33. The van der Waals surface area contributed by atoms with E-state index in [1.165, 1.54) is 0 Å². The first-order chi connectivity index (χ1) is 4.76. The minimum absolute atomic E-state index is 0.370. The summed E-state index contributed by atoms with van der Waals surface area (Å²) in [4.78, 5) is 4.04. The molecule has 0 N–H and O–H groups in total. The molecule has 0 radical (unpaired) electrons. The van der Waals surface area contributed by atoms with E-state index in [2.05, 4.69) is 18.0 Å². The van der Waals surface area contributed by atoms with Crippen LogP contribution >= 0.6 is 0 Å². The van der Waals surface area contributed by atoms with Crippen molar-refractivity contribution in [1.82, 2.24) is 0 Å². The van der Waals surface area contributed by atoms with E-state index in [9.17, 15) is 0 Å². The molecule has 0 fully saturated rings. The Balaban J connectivity index is 3.96. The molecule has 0 saturated heterocycles. The predicted molar refractivity (Wildman–Crippen MR) is 43.0 cm³/mol. The molecule has 0 spiro atoms. The fourth-order valence-corrected chi connectivity index (χ4v) is 0.880. The Hall–Kier alpha value is -0.840. The fourth-order valence-electron chi connectivity index (χ4n) is 0.880. The van der Waals surface area contributed by atoms with Crippen LogP contribution in [0.15, 0.2) is 4.99 Å². The van der Waals surface area contributed by atoms with E-state index in [4.69, 9.17) is 5.26 Å². The molecule has 0 aliphatic carbocycles. The van der Waals surface area contributed by atoms with Gasteiger partial charge < -0.3 is 0 Å². The molecule has 56 valence electrons. The van der Waals surface area contributed by atoms with Crippen molar-refractivity contribution in [1.29, 1.82) is 5.26 Å². The highest BCUT2D eigenvalue weighted by molar-refractivity contribution is 5.84. The van der Waals surface area contributed by atoms with Crippen molar-refractivity contribution in [3.8, 4) is 6.07 Å². The lowest BCUT2D eigenvalue weighted by molar-refractivity contribution is 0.679. The van der Waals surface area contributed by atoms with Gasteiger partial charge in [0.2, 0.25) is 0 Å². The van der Waals surface area contributed by atoms with Gasteiger partial charge in [-0.25, -0.2) is 0 Å². The molecule has 0 amide bonds. The van der Waals surface area contributed by atoms with Crippen LogP contribution in [-0.4, -0.2) is 12.8 Å². The maximum Gasteiger partial charge on any atom is 0.0628 e. The van der Waals surface area contributed by atoms with Crippen LogP contribution in [0.2, 0.25) is 0 Å². The Morgan fingerprint density at radius 3 is 2.60 bits per heavy atom. The van der Waals surface area contributed by atoms with Gasteiger partial charge >= 0.3 is 0 Å². The minimum Gasteiger partial charge on any atom is -0.297 e. The van der Waals surface area contributed by atoms with Gasteiger partial charge in [-0.3, -0.25) is 4.99 Å². The average molecular weight is 138 g/mol. The average Bonchev–Trinajstić information content (AvgIpc) is 1.99. The number of rotatable bonds is 3. The quantitative estimate of drug-likeness (QED) is 0.549. The Morgan fingerprint density at radius 2 is 2.30 bits per heavy atom. The first-order valence-electron chi connectivity index (χ1n) is 3.56. The molecular weight excluding hydrogens is 124 g/mol. The molecule has 2 heteroatoms. The van der Waals surface area contributed by atoms with E-state index >= 15 is 0 Å². The van der Waals surface area contributed by atoms with Crippen molar-refractivity contribution in [3.05, 3.63) is 0 Å². The second-order valence-corrected chi connectivity index (χ2v) is 2.33. The topological polar surface area (TPSA) is 36.1 Å². The van der Waals surface area contributed by atoms with Crippen molar-refractivity contribution in [2.24, 2.45) is 10.9 Å². The number of nitriles is 1. The highest BCUT2D eigenvalue weighted by Crippen LogP contribution is 2.08. The van der Waals surface area contributed by atoms with Crippen LogP contribution in [0.5, 0.6) is 0 Å². The first-order valence-corrected chi connectivity index (χ1v) is 3.56. The van der Waals surface area contributed by atoms with Gasteiger partial charge in [-0.1, -0.05) is 6.92 Å². The third kappa shape index (κ3) is 2.63. The summed E-state index contributed by atoms with van der Waals surface area (Å²) < 4.78 is 0. The standard InChI is InChI=1S/C8H14N2/c1-4-8(5-6-9)7(2)10-3/h8H,4-5H2,1-3H3. The van der Waals surface area contributed by atoms with Crippen molar-refractivity contribution < 1.29 is 0 Å². The molecule has 0 rings (SSSR count). The predicted octanol–water partition coefficient (Wildman–Crippen LogP) is 2.02. The molecule has 0 bridgehead atoms. The number of nitrogens with zero attached hydrogens (tertiary/aromatic N) is 2.